The van der Waals surface area contributed by atoms with Crippen molar-refractivity contribution in [3.63, 3.8) is 0 Å². The molecule has 1 aliphatic heterocycles. The Bertz CT molecular complexity index is 912. The lowest BCUT2D eigenvalue weighted by molar-refractivity contribution is 0.0664. The molecule has 1 unspecified atom stereocenters. The molecule has 1 aliphatic rings. The molecule has 23 heavy (non-hydrogen) atoms. The number of hydrogen-bond donors (Lipinski definition) is 0. The average Bonchev–Trinajstić information content (AvgIpc) is 3.09. The second-order valence-corrected chi connectivity index (χ2v) is 6.34. The highest BCUT2D eigenvalue weighted by molar-refractivity contribution is 6.30. The highest BCUT2D eigenvalue weighted by Gasteiger charge is 2.31. The Morgan fingerprint density at radius 2 is 2.22 bits per heavy atom. The van der Waals surface area contributed by atoms with E-state index in [1.54, 1.807) is 22.8 Å². The van der Waals surface area contributed by atoms with Crippen LogP contribution in [0.1, 0.15) is 40.5 Å². The summed E-state index contributed by atoms with van der Waals surface area (Å²) in [6.07, 6.45) is 2.43. The maximum atomic E-state index is 12.9. The summed E-state index contributed by atoms with van der Waals surface area (Å²) in [7, 11) is 0. The van der Waals surface area contributed by atoms with Crippen molar-refractivity contribution in [1.29, 1.82) is 0 Å². The van der Waals surface area contributed by atoms with Crippen LogP contribution in [0.2, 0.25) is 5.02 Å². The zero-order chi connectivity index (χ0) is 16.1. The van der Waals surface area contributed by atoms with E-state index in [0.717, 1.165) is 29.0 Å². The number of hydrogen-bond acceptors (Lipinski definition) is 3. The second-order valence-electron chi connectivity index (χ2n) is 5.91. The van der Waals surface area contributed by atoms with Gasteiger partial charge in [-0.15, -0.1) is 0 Å². The van der Waals surface area contributed by atoms with Crippen LogP contribution in [0.25, 0.3) is 5.52 Å². The number of nitrogens with zero attached hydrogens (tertiary/aromatic N) is 3. The molecule has 1 atom stereocenters. The van der Waals surface area contributed by atoms with E-state index < -0.39 is 0 Å². The molecule has 0 spiro atoms. The number of furan rings is 1. The molecule has 5 nitrogen and oxygen atoms in total. The van der Waals surface area contributed by atoms with Crippen LogP contribution >= 0.6 is 11.6 Å². The molecule has 0 saturated carbocycles. The number of aromatic nitrogens is 2. The normalized spacial score (nSPS) is 17.5. The van der Waals surface area contributed by atoms with Gasteiger partial charge in [-0.1, -0.05) is 11.6 Å². The number of carbonyl (C=O) groups excluding carboxylic acids is 1. The quantitative estimate of drug-likeness (QED) is 0.684. The van der Waals surface area contributed by atoms with Crippen molar-refractivity contribution < 1.29 is 9.21 Å². The van der Waals surface area contributed by atoms with Gasteiger partial charge in [-0.3, -0.25) is 4.79 Å². The molecule has 4 heterocycles. The first-order chi connectivity index (χ1) is 11.0. The van der Waals surface area contributed by atoms with Crippen LogP contribution in [0.5, 0.6) is 0 Å². The van der Waals surface area contributed by atoms with Gasteiger partial charge >= 0.3 is 0 Å². The summed E-state index contributed by atoms with van der Waals surface area (Å²) >= 11 is 5.97. The van der Waals surface area contributed by atoms with E-state index in [2.05, 4.69) is 5.10 Å². The molecule has 0 fully saturated rings. The first-order valence-corrected chi connectivity index (χ1v) is 7.96. The lowest BCUT2D eigenvalue weighted by Crippen LogP contribution is -2.38. The Balaban J connectivity index is 1.68. The van der Waals surface area contributed by atoms with Gasteiger partial charge in [-0.2, -0.15) is 5.10 Å². The number of carbonyl (C=O) groups is 1. The molecular formula is C17H16ClN3O2. The van der Waals surface area contributed by atoms with Gasteiger partial charge < -0.3 is 9.32 Å². The van der Waals surface area contributed by atoms with Gasteiger partial charge in [0.05, 0.1) is 16.6 Å². The SMILES string of the molecule is Cc1cc2c(o1)CCN(C(=O)c1cc3ccc(Cl)cn3n1)C2C. The third-order valence-corrected chi connectivity index (χ3v) is 4.59. The Kier molecular flexibility index (Phi) is 3.20. The molecule has 0 aliphatic carbocycles. The van der Waals surface area contributed by atoms with Gasteiger partial charge in [0.2, 0.25) is 0 Å². The lowest BCUT2D eigenvalue weighted by atomic mass is 10.00. The Labute approximate surface area is 138 Å². The standard InChI is InChI=1S/C17H16ClN3O2/c1-10-7-14-11(2)20(6-5-16(14)23-10)17(22)15-8-13-4-3-12(18)9-21(13)19-15/h3-4,7-9,11H,5-6H2,1-2H3. The van der Waals surface area contributed by atoms with Gasteiger partial charge in [0, 0.05) is 24.7 Å². The molecule has 0 N–H and O–H groups in total. The predicted octanol–water partition coefficient (Wildman–Crippen LogP) is 3.65. The minimum Gasteiger partial charge on any atom is -0.466 e. The van der Waals surface area contributed by atoms with Crippen LogP contribution in [0.4, 0.5) is 0 Å². The van der Waals surface area contributed by atoms with Crippen molar-refractivity contribution in [2.75, 3.05) is 6.54 Å². The first kappa shape index (κ1) is 14.3. The number of amides is 1. The summed E-state index contributed by atoms with van der Waals surface area (Å²) in [6, 6.07) is 7.43. The molecule has 6 heteroatoms. The van der Waals surface area contributed by atoms with Gasteiger partial charge in [0.25, 0.3) is 5.91 Å². The van der Waals surface area contributed by atoms with Crippen molar-refractivity contribution >= 4 is 23.0 Å². The molecule has 3 aromatic heterocycles. The summed E-state index contributed by atoms with van der Waals surface area (Å²) < 4.78 is 7.34. The molecule has 118 valence electrons. The summed E-state index contributed by atoms with van der Waals surface area (Å²) in [6.45, 7) is 4.59. The summed E-state index contributed by atoms with van der Waals surface area (Å²) in [5, 5.41) is 4.95. The molecule has 1 amide bonds. The molecule has 0 bridgehead atoms. The Morgan fingerprint density at radius 1 is 1.39 bits per heavy atom. The molecule has 0 aromatic carbocycles. The van der Waals surface area contributed by atoms with E-state index in [1.807, 2.05) is 30.9 Å². The van der Waals surface area contributed by atoms with E-state index in [0.29, 0.717) is 17.3 Å². The van der Waals surface area contributed by atoms with Crippen molar-refractivity contribution in [3.05, 3.63) is 58.3 Å². The number of rotatable bonds is 1. The Hall–Kier alpha value is -2.27. The number of aryl methyl sites for hydroxylation is 1. The molecule has 0 saturated heterocycles. The monoisotopic (exact) mass is 329 g/mol. The minimum atomic E-state index is -0.0678. The maximum absolute atomic E-state index is 12.9. The minimum absolute atomic E-state index is 0.0166. The summed E-state index contributed by atoms with van der Waals surface area (Å²) in [5.41, 5.74) is 2.37. The smallest absolute Gasteiger partial charge is 0.274 e. The van der Waals surface area contributed by atoms with Crippen molar-refractivity contribution in [3.8, 4) is 0 Å². The number of halogens is 1. The van der Waals surface area contributed by atoms with Crippen molar-refractivity contribution in [2.45, 2.75) is 26.3 Å². The van der Waals surface area contributed by atoms with E-state index in [1.165, 1.54) is 0 Å². The highest BCUT2D eigenvalue weighted by Crippen LogP contribution is 2.32. The summed E-state index contributed by atoms with van der Waals surface area (Å²) in [4.78, 5) is 14.7. The maximum Gasteiger partial charge on any atom is 0.274 e. The van der Waals surface area contributed by atoms with Crippen LogP contribution in [-0.4, -0.2) is 27.0 Å². The van der Waals surface area contributed by atoms with E-state index in [-0.39, 0.29) is 11.9 Å². The highest BCUT2D eigenvalue weighted by atomic mass is 35.5. The third kappa shape index (κ3) is 2.32. The largest absolute Gasteiger partial charge is 0.466 e. The van der Waals surface area contributed by atoms with Crippen molar-refractivity contribution in [1.82, 2.24) is 14.5 Å². The first-order valence-electron chi connectivity index (χ1n) is 7.58. The molecule has 3 aromatic rings. The average molecular weight is 330 g/mol. The van der Waals surface area contributed by atoms with E-state index in [9.17, 15) is 4.79 Å². The van der Waals surface area contributed by atoms with Gasteiger partial charge in [-0.05, 0) is 38.1 Å². The van der Waals surface area contributed by atoms with Crippen LogP contribution in [-0.2, 0) is 6.42 Å². The fourth-order valence-corrected chi connectivity index (χ4v) is 3.36. The van der Waals surface area contributed by atoms with Crippen LogP contribution < -0.4 is 0 Å². The van der Waals surface area contributed by atoms with E-state index >= 15 is 0 Å². The van der Waals surface area contributed by atoms with Crippen LogP contribution in [0.3, 0.4) is 0 Å². The molecule has 4 rings (SSSR count). The lowest BCUT2D eigenvalue weighted by Gasteiger charge is -2.32. The van der Waals surface area contributed by atoms with Crippen LogP contribution in [0, 0.1) is 6.92 Å². The third-order valence-electron chi connectivity index (χ3n) is 4.37. The zero-order valence-corrected chi connectivity index (χ0v) is 13.7. The molecular weight excluding hydrogens is 314 g/mol. The van der Waals surface area contributed by atoms with Crippen molar-refractivity contribution in [2.24, 2.45) is 0 Å². The predicted molar refractivity (Wildman–Crippen MR) is 86.8 cm³/mol. The molecule has 0 radical (unpaired) electrons. The summed E-state index contributed by atoms with van der Waals surface area (Å²) in [5.74, 6) is 1.81. The van der Waals surface area contributed by atoms with Crippen LogP contribution in [0.15, 0.2) is 34.9 Å². The fraction of sp³-hybridized carbons (Fsp3) is 0.294. The van der Waals surface area contributed by atoms with Gasteiger partial charge in [-0.25, -0.2) is 4.52 Å². The number of pyridine rings is 1. The second kappa shape index (κ2) is 5.13. The topological polar surface area (TPSA) is 50.8 Å². The van der Waals surface area contributed by atoms with E-state index in [4.69, 9.17) is 16.0 Å². The van der Waals surface area contributed by atoms with Gasteiger partial charge in [0.1, 0.15) is 11.5 Å². The zero-order valence-electron chi connectivity index (χ0n) is 12.9. The number of fused-ring (bicyclic) bond motifs is 2. The van der Waals surface area contributed by atoms with Gasteiger partial charge in [0.15, 0.2) is 5.69 Å². The Morgan fingerprint density at radius 3 is 3.04 bits per heavy atom. The fourth-order valence-electron chi connectivity index (χ4n) is 3.21.